The van der Waals surface area contributed by atoms with E-state index in [1.807, 2.05) is 19.9 Å². The molecule has 0 unspecified atom stereocenters. The minimum atomic E-state index is -0.747. The molecular formula is C13H16O2. The molecule has 0 heterocycles. The van der Waals surface area contributed by atoms with Gasteiger partial charge in [0.25, 0.3) is 0 Å². The monoisotopic (exact) mass is 204 g/mol. The van der Waals surface area contributed by atoms with Crippen LogP contribution in [0.1, 0.15) is 30.9 Å². The molecule has 0 bridgehead atoms. The number of carboxylic acids is 1. The quantitative estimate of drug-likeness (QED) is 0.817. The Kier molecular flexibility index (Phi) is 4.10. The number of rotatable bonds is 4. The summed E-state index contributed by atoms with van der Waals surface area (Å²) in [5, 5.41) is 8.50. The van der Waals surface area contributed by atoms with Crippen LogP contribution in [0.2, 0.25) is 0 Å². The topological polar surface area (TPSA) is 37.3 Å². The maximum Gasteiger partial charge on any atom is 0.303 e. The molecule has 1 aromatic rings. The number of carboxylic acid groups (broad SMARTS) is 1. The van der Waals surface area contributed by atoms with Crippen LogP contribution < -0.4 is 0 Å². The summed E-state index contributed by atoms with van der Waals surface area (Å²) in [6.07, 6.45) is 2.76. The maximum absolute atomic E-state index is 10.3. The summed E-state index contributed by atoms with van der Waals surface area (Å²) in [5.74, 6) is -0.747. The molecule has 0 spiro atoms. The lowest BCUT2D eigenvalue weighted by atomic mass is 10.0. The number of hydrogen-bond acceptors (Lipinski definition) is 1. The highest BCUT2D eigenvalue weighted by Gasteiger charge is 1.97. The number of aliphatic carboxylic acids is 1. The highest BCUT2D eigenvalue weighted by Crippen LogP contribution is 2.15. The van der Waals surface area contributed by atoms with Crippen molar-refractivity contribution < 1.29 is 9.90 Å². The zero-order valence-electron chi connectivity index (χ0n) is 9.16. The van der Waals surface area contributed by atoms with Crippen molar-refractivity contribution in [1.82, 2.24) is 0 Å². The van der Waals surface area contributed by atoms with E-state index in [1.54, 1.807) is 0 Å². The van der Waals surface area contributed by atoms with Gasteiger partial charge < -0.3 is 5.11 Å². The van der Waals surface area contributed by atoms with Crippen LogP contribution in [-0.4, -0.2) is 11.1 Å². The van der Waals surface area contributed by atoms with Crippen molar-refractivity contribution in [2.75, 3.05) is 0 Å². The van der Waals surface area contributed by atoms with Crippen LogP contribution in [-0.2, 0) is 4.79 Å². The van der Waals surface area contributed by atoms with Gasteiger partial charge in [-0.15, -0.1) is 0 Å². The van der Waals surface area contributed by atoms with Gasteiger partial charge in [0.15, 0.2) is 0 Å². The van der Waals surface area contributed by atoms with Crippen LogP contribution in [0.15, 0.2) is 30.3 Å². The molecule has 0 atom stereocenters. The fraction of sp³-hybridized carbons (Fsp3) is 0.308. The summed E-state index contributed by atoms with van der Waals surface area (Å²) in [5.41, 5.74) is 3.53. The molecule has 0 radical (unpaired) electrons. The van der Waals surface area contributed by atoms with Crippen LogP contribution >= 0.6 is 0 Å². The number of allylic oxidation sites excluding steroid dienone is 2. The summed E-state index contributed by atoms with van der Waals surface area (Å²) in [7, 11) is 0. The zero-order chi connectivity index (χ0) is 11.3. The molecule has 1 rings (SSSR count). The molecule has 0 aliphatic carbocycles. The van der Waals surface area contributed by atoms with E-state index in [9.17, 15) is 4.79 Å². The van der Waals surface area contributed by atoms with E-state index in [4.69, 9.17) is 5.11 Å². The summed E-state index contributed by atoms with van der Waals surface area (Å²) < 4.78 is 0. The van der Waals surface area contributed by atoms with Gasteiger partial charge in [-0.3, -0.25) is 4.79 Å². The summed E-state index contributed by atoms with van der Waals surface area (Å²) in [4.78, 5) is 10.3. The van der Waals surface area contributed by atoms with Crippen molar-refractivity contribution in [2.45, 2.75) is 26.7 Å². The normalized spacial score (nSPS) is 11.5. The first-order chi connectivity index (χ1) is 7.09. The average Bonchev–Trinajstić information content (AvgIpc) is 2.18. The van der Waals surface area contributed by atoms with E-state index >= 15 is 0 Å². The molecule has 1 N–H and O–H groups in total. The van der Waals surface area contributed by atoms with E-state index in [2.05, 4.69) is 24.3 Å². The number of aryl methyl sites for hydroxylation is 1. The smallest absolute Gasteiger partial charge is 0.303 e. The standard InChI is InChI=1S/C13H16O2/c1-10-6-8-12(9-7-10)11(2)4-3-5-13(14)15/h4,6-9H,3,5H2,1-2H3,(H,14,15). The lowest BCUT2D eigenvalue weighted by Gasteiger charge is -2.01. The molecular weight excluding hydrogens is 188 g/mol. The zero-order valence-corrected chi connectivity index (χ0v) is 9.16. The molecule has 0 aliphatic rings. The Morgan fingerprint density at radius 3 is 2.47 bits per heavy atom. The Bertz CT molecular complexity index is 361. The van der Waals surface area contributed by atoms with Crippen molar-refractivity contribution in [2.24, 2.45) is 0 Å². The number of benzene rings is 1. The van der Waals surface area contributed by atoms with Crippen molar-refractivity contribution >= 4 is 11.5 Å². The van der Waals surface area contributed by atoms with E-state index in [0.29, 0.717) is 6.42 Å². The van der Waals surface area contributed by atoms with Crippen molar-refractivity contribution in [1.29, 1.82) is 0 Å². The van der Waals surface area contributed by atoms with Crippen molar-refractivity contribution in [3.63, 3.8) is 0 Å². The SMILES string of the molecule is CC(=CCCC(=O)O)c1ccc(C)cc1. The van der Waals surface area contributed by atoms with Crippen LogP contribution in [0.3, 0.4) is 0 Å². The van der Waals surface area contributed by atoms with Crippen LogP contribution in [0.5, 0.6) is 0 Å². The van der Waals surface area contributed by atoms with Gasteiger partial charge in [0, 0.05) is 6.42 Å². The van der Waals surface area contributed by atoms with E-state index in [0.717, 1.165) is 11.1 Å². The first kappa shape index (κ1) is 11.5. The third-order valence-corrected chi connectivity index (χ3v) is 2.32. The Hall–Kier alpha value is -1.57. The molecule has 0 aromatic heterocycles. The molecule has 0 aliphatic heterocycles. The predicted octanol–water partition coefficient (Wildman–Crippen LogP) is 3.26. The number of carbonyl (C=O) groups is 1. The second kappa shape index (κ2) is 5.35. The maximum atomic E-state index is 10.3. The van der Waals surface area contributed by atoms with Gasteiger partial charge in [-0.05, 0) is 31.4 Å². The van der Waals surface area contributed by atoms with Crippen LogP contribution in [0, 0.1) is 6.92 Å². The second-order valence-corrected chi connectivity index (χ2v) is 3.69. The molecule has 0 saturated heterocycles. The second-order valence-electron chi connectivity index (χ2n) is 3.69. The van der Waals surface area contributed by atoms with Gasteiger partial charge in [0.05, 0.1) is 0 Å². The molecule has 0 saturated carbocycles. The fourth-order valence-electron chi connectivity index (χ4n) is 1.35. The predicted molar refractivity (Wildman–Crippen MR) is 61.7 cm³/mol. The third-order valence-electron chi connectivity index (χ3n) is 2.32. The lowest BCUT2D eigenvalue weighted by molar-refractivity contribution is -0.136. The minimum absolute atomic E-state index is 0.198. The highest BCUT2D eigenvalue weighted by atomic mass is 16.4. The molecule has 80 valence electrons. The van der Waals surface area contributed by atoms with Gasteiger partial charge in [-0.2, -0.15) is 0 Å². The summed E-state index contributed by atoms with van der Waals surface area (Å²) in [6, 6.07) is 8.23. The first-order valence-electron chi connectivity index (χ1n) is 5.05. The third kappa shape index (κ3) is 3.98. The van der Waals surface area contributed by atoms with Crippen molar-refractivity contribution in [3.8, 4) is 0 Å². The molecule has 1 aromatic carbocycles. The average molecular weight is 204 g/mol. The number of hydrogen-bond donors (Lipinski definition) is 1. The fourth-order valence-corrected chi connectivity index (χ4v) is 1.35. The van der Waals surface area contributed by atoms with Gasteiger partial charge in [-0.1, -0.05) is 35.9 Å². The molecule has 15 heavy (non-hydrogen) atoms. The molecule has 2 nitrogen and oxygen atoms in total. The Morgan fingerprint density at radius 2 is 1.93 bits per heavy atom. The largest absolute Gasteiger partial charge is 0.481 e. The summed E-state index contributed by atoms with van der Waals surface area (Å²) in [6.45, 7) is 4.06. The Labute approximate surface area is 90.3 Å². The van der Waals surface area contributed by atoms with Gasteiger partial charge in [-0.25, -0.2) is 0 Å². The summed E-state index contributed by atoms with van der Waals surface area (Å²) >= 11 is 0. The molecule has 0 amide bonds. The molecule has 2 heteroatoms. The van der Waals surface area contributed by atoms with Crippen molar-refractivity contribution in [3.05, 3.63) is 41.5 Å². The van der Waals surface area contributed by atoms with E-state index in [-0.39, 0.29) is 6.42 Å². The first-order valence-corrected chi connectivity index (χ1v) is 5.05. The van der Waals surface area contributed by atoms with E-state index in [1.165, 1.54) is 5.56 Å². The van der Waals surface area contributed by atoms with Gasteiger partial charge in [0.1, 0.15) is 0 Å². The highest BCUT2D eigenvalue weighted by molar-refractivity contribution is 5.68. The van der Waals surface area contributed by atoms with Crippen LogP contribution in [0.25, 0.3) is 5.57 Å². The Morgan fingerprint density at radius 1 is 1.33 bits per heavy atom. The lowest BCUT2D eigenvalue weighted by Crippen LogP contribution is -1.92. The van der Waals surface area contributed by atoms with Gasteiger partial charge in [0.2, 0.25) is 0 Å². The minimum Gasteiger partial charge on any atom is -0.481 e. The molecule has 0 fully saturated rings. The van der Waals surface area contributed by atoms with E-state index < -0.39 is 5.97 Å². The Balaban J connectivity index is 2.63. The van der Waals surface area contributed by atoms with Crippen LogP contribution in [0.4, 0.5) is 0 Å². The van der Waals surface area contributed by atoms with Gasteiger partial charge >= 0.3 is 5.97 Å².